The molecule has 1 rings (SSSR count). The lowest BCUT2D eigenvalue weighted by Crippen LogP contribution is -2.51. The number of carboxylic acid groups (broad SMARTS) is 1. The number of carbonyl (C=O) groups is 3. The largest absolute Gasteiger partial charge is 0.480 e. The van der Waals surface area contributed by atoms with Gasteiger partial charge in [-0.1, -0.05) is 25.6 Å². The third kappa shape index (κ3) is 3.13. The summed E-state index contributed by atoms with van der Waals surface area (Å²) in [5.41, 5.74) is 0. The van der Waals surface area contributed by atoms with Gasteiger partial charge in [0.2, 0.25) is 5.91 Å². The lowest BCUT2D eigenvalue weighted by molar-refractivity contribution is -0.143. The summed E-state index contributed by atoms with van der Waals surface area (Å²) in [6, 6.07) is -1.55. The van der Waals surface area contributed by atoms with Crippen molar-refractivity contribution >= 4 is 28.9 Å². The molecular weight excluding hydrogens is 232 g/mol. The molecule has 2 amide bonds. The minimum absolute atomic E-state index is 0.203. The molecule has 1 fully saturated rings. The Morgan fingerprint density at radius 3 is 2.56 bits per heavy atom. The third-order valence-corrected chi connectivity index (χ3v) is 3.10. The van der Waals surface area contributed by atoms with E-state index in [1.165, 1.54) is 0 Å². The second kappa shape index (κ2) is 5.20. The van der Waals surface area contributed by atoms with Gasteiger partial charge >= 0.3 is 5.97 Å². The van der Waals surface area contributed by atoms with Crippen LogP contribution >= 0.6 is 11.8 Å². The molecule has 0 aromatic heterocycles. The number of carboxylic acids is 1. The normalized spacial score (nSPS) is 21.7. The topological polar surface area (TPSA) is 95.5 Å². The minimum atomic E-state index is -1.07. The molecule has 0 unspecified atom stereocenters. The van der Waals surface area contributed by atoms with Gasteiger partial charge in [-0.3, -0.25) is 9.59 Å². The van der Waals surface area contributed by atoms with Crippen molar-refractivity contribution in [3.05, 3.63) is 0 Å². The smallest absolute Gasteiger partial charge is 0.326 e. The number of hydrogen-bond donors (Lipinski definition) is 3. The lowest BCUT2D eigenvalue weighted by atomic mass is 10.0. The van der Waals surface area contributed by atoms with E-state index >= 15 is 0 Å². The van der Waals surface area contributed by atoms with Crippen molar-refractivity contribution in [3.63, 3.8) is 0 Å². The van der Waals surface area contributed by atoms with Gasteiger partial charge in [0.15, 0.2) is 0 Å². The quantitative estimate of drug-likeness (QED) is 0.650. The molecule has 7 heteroatoms. The number of hydrogen-bond acceptors (Lipinski definition) is 4. The molecule has 2 atom stereocenters. The zero-order valence-corrected chi connectivity index (χ0v) is 9.84. The molecule has 0 bridgehead atoms. The van der Waals surface area contributed by atoms with E-state index in [1.807, 2.05) is 0 Å². The van der Waals surface area contributed by atoms with Crippen LogP contribution in [0.4, 0.5) is 4.79 Å². The molecule has 0 aromatic carbocycles. The van der Waals surface area contributed by atoms with Gasteiger partial charge in [0.1, 0.15) is 12.1 Å². The van der Waals surface area contributed by atoms with Crippen LogP contribution in [-0.2, 0) is 9.59 Å². The Bertz CT molecular complexity index is 319. The van der Waals surface area contributed by atoms with E-state index < -0.39 is 24.0 Å². The summed E-state index contributed by atoms with van der Waals surface area (Å²) in [4.78, 5) is 33.3. The maximum atomic E-state index is 11.6. The van der Waals surface area contributed by atoms with E-state index in [0.29, 0.717) is 5.75 Å². The first kappa shape index (κ1) is 12.8. The number of thioether (sulfide) groups is 1. The molecule has 16 heavy (non-hydrogen) atoms. The van der Waals surface area contributed by atoms with E-state index in [2.05, 4.69) is 10.6 Å². The maximum Gasteiger partial charge on any atom is 0.326 e. The van der Waals surface area contributed by atoms with Gasteiger partial charge < -0.3 is 15.7 Å². The van der Waals surface area contributed by atoms with Crippen molar-refractivity contribution in [2.75, 3.05) is 5.75 Å². The highest BCUT2D eigenvalue weighted by Gasteiger charge is 2.31. The van der Waals surface area contributed by atoms with Crippen molar-refractivity contribution in [2.24, 2.45) is 5.92 Å². The summed E-state index contributed by atoms with van der Waals surface area (Å²) in [6.07, 6.45) is 0. The van der Waals surface area contributed by atoms with Crippen molar-refractivity contribution < 1.29 is 19.5 Å². The molecule has 1 saturated heterocycles. The summed E-state index contributed by atoms with van der Waals surface area (Å²) >= 11 is 1.02. The summed E-state index contributed by atoms with van der Waals surface area (Å²) in [5.74, 6) is -1.37. The van der Waals surface area contributed by atoms with Gasteiger partial charge in [-0.2, -0.15) is 0 Å². The van der Waals surface area contributed by atoms with Crippen LogP contribution in [-0.4, -0.2) is 40.1 Å². The van der Waals surface area contributed by atoms with Gasteiger partial charge in [0.05, 0.1) is 0 Å². The van der Waals surface area contributed by atoms with Crippen LogP contribution in [0.15, 0.2) is 0 Å². The molecule has 1 heterocycles. The fourth-order valence-electron chi connectivity index (χ4n) is 1.29. The van der Waals surface area contributed by atoms with E-state index in [9.17, 15) is 14.4 Å². The van der Waals surface area contributed by atoms with E-state index in [0.717, 1.165) is 11.8 Å². The van der Waals surface area contributed by atoms with Crippen molar-refractivity contribution in [3.8, 4) is 0 Å². The zero-order chi connectivity index (χ0) is 12.3. The Labute approximate surface area is 97.2 Å². The molecule has 1 aliphatic heterocycles. The minimum Gasteiger partial charge on any atom is -0.480 e. The first-order valence-corrected chi connectivity index (χ1v) is 5.87. The first-order chi connectivity index (χ1) is 7.41. The zero-order valence-electron chi connectivity index (χ0n) is 9.02. The SMILES string of the molecule is CC(C)[C@@H](NC(=O)[C@@H]1CSC(=O)N1)C(=O)O. The average Bonchev–Trinajstić information content (AvgIpc) is 2.59. The van der Waals surface area contributed by atoms with Crippen LogP contribution in [0.2, 0.25) is 0 Å². The standard InChI is InChI=1S/C9H14N2O4S/c1-4(2)6(8(13)14)11-7(12)5-3-16-9(15)10-5/h4-6H,3H2,1-2H3,(H,10,15)(H,11,12)(H,13,14)/t5-,6+/m0/s1. The number of amides is 2. The highest BCUT2D eigenvalue weighted by Crippen LogP contribution is 2.13. The van der Waals surface area contributed by atoms with Crippen LogP contribution in [0.5, 0.6) is 0 Å². The Kier molecular flexibility index (Phi) is 4.17. The second-order valence-electron chi connectivity index (χ2n) is 3.86. The van der Waals surface area contributed by atoms with Crippen LogP contribution in [0, 0.1) is 5.92 Å². The Morgan fingerprint density at radius 1 is 1.56 bits per heavy atom. The molecule has 0 spiro atoms. The summed E-state index contributed by atoms with van der Waals surface area (Å²) < 4.78 is 0. The van der Waals surface area contributed by atoms with Crippen molar-refractivity contribution in [1.29, 1.82) is 0 Å². The second-order valence-corrected chi connectivity index (χ2v) is 4.86. The number of nitrogens with one attached hydrogen (secondary N) is 2. The molecule has 0 aliphatic carbocycles. The molecule has 3 N–H and O–H groups in total. The molecule has 0 aromatic rings. The van der Waals surface area contributed by atoms with E-state index in [4.69, 9.17) is 5.11 Å². The Balaban J connectivity index is 2.55. The monoisotopic (exact) mass is 246 g/mol. The Morgan fingerprint density at radius 2 is 2.19 bits per heavy atom. The van der Waals surface area contributed by atoms with Crippen LogP contribution in [0.25, 0.3) is 0 Å². The van der Waals surface area contributed by atoms with Crippen LogP contribution in [0.3, 0.4) is 0 Å². The maximum absolute atomic E-state index is 11.6. The lowest BCUT2D eigenvalue weighted by Gasteiger charge is -2.19. The molecule has 1 aliphatic rings. The van der Waals surface area contributed by atoms with Crippen molar-refractivity contribution in [2.45, 2.75) is 25.9 Å². The third-order valence-electron chi connectivity index (χ3n) is 2.22. The number of aliphatic carboxylic acids is 1. The van der Waals surface area contributed by atoms with Crippen LogP contribution in [0.1, 0.15) is 13.8 Å². The number of carbonyl (C=O) groups excluding carboxylic acids is 2. The summed E-state index contributed by atoms with van der Waals surface area (Å²) in [6.45, 7) is 3.42. The van der Waals surface area contributed by atoms with Gasteiger partial charge in [-0.25, -0.2) is 4.79 Å². The highest BCUT2D eigenvalue weighted by atomic mass is 32.2. The van der Waals surface area contributed by atoms with Gasteiger partial charge in [0, 0.05) is 5.75 Å². The van der Waals surface area contributed by atoms with E-state index in [-0.39, 0.29) is 11.2 Å². The molecule has 90 valence electrons. The first-order valence-electron chi connectivity index (χ1n) is 4.88. The van der Waals surface area contributed by atoms with Crippen molar-refractivity contribution in [1.82, 2.24) is 10.6 Å². The predicted octanol–water partition coefficient (Wildman–Crippen LogP) is 0.0368. The van der Waals surface area contributed by atoms with E-state index in [1.54, 1.807) is 13.8 Å². The molecule has 6 nitrogen and oxygen atoms in total. The van der Waals surface area contributed by atoms with Gasteiger partial charge in [-0.05, 0) is 5.92 Å². The summed E-state index contributed by atoms with van der Waals surface area (Å²) in [7, 11) is 0. The van der Waals surface area contributed by atoms with Gasteiger partial charge in [0.25, 0.3) is 5.24 Å². The van der Waals surface area contributed by atoms with Crippen LogP contribution < -0.4 is 10.6 Å². The summed E-state index contributed by atoms with van der Waals surface area (Å²) in [5, 5.41) is 13.5. The highest BCUT2D eigenvalue weighted by molar-refractivity contribution is 8.14. The Hall–Kier alpha value is -1.24. The number of rotatable bonds is 4. The predicted molar refractivity (Wildman–Crippen MR) is 59.2 cm³/mol. The fourth-order valence-corrected chi connectivity index (χ4v) is 2.07. The van der Waals surface area contributed by atoms with Gasteiger partial charge in [-0.15, -0.1) is 0 Å². The fraction of sp³-hybridized carbons (Fsp3) is 0.667. The molecule has 0 radical (unpaired) electrons. The average molecular weight is 246 g/mol. The molecular formula is C9H14N2O4S. The molecule has 0 saturated carbocycles.